The fourth-order valence-corrected chi connectivity index (χ4v) is 2.28. The highest BCUT2D eigenvalue weighted by Gasteiger charge is 2.13. The van der Waals surface area contributed by atoms with Crippen LogP contribution in [0, 0.1) is 18.3 Å². The number of aryl methyl sites for hydroxylation is 1. The number of benzene rings is 1. The zero-order valence-electron chi connectivity index (χ0n) is 16.3. The minimum Gasteiger partial charge on any atom is -0.507 e. The van der Waals surface area contributed by atoms with Crippen molar-refractivity contribution in [3.8, 4) is 11.8 Å². The fraction of sp³-hybridized carbons (Fsp3) is 0.176. The molecule has 0 saturated carbocycles. The molecular formula is C17H18BrN3O9S. The number of nitrogens with one attached hydrogen (secondary N) is 1. The summed E-state index contributed by atoms with van der Waals surface area (Å²) < 4.78 is 37.2. The number of nitrogens with zero attached hydrogens (tertiary/aromatic N) is 2. The number of nitriles is 1. The van der Waals surface area contributed by atoms with Crippen LogP contribution in [0.5, 0.6) is 5.75 Å². The van der Waals surface area contributed by atoms with Crippen LogP contribution < -0.4 is 11.1 Å². The number of halogens is 1. The summed E-state index contributed by atoms with van der Waals surface area (Å²) in [6.07, 6.45) is 0. The second-order valence-electron chi connectivity index (χ2n) is 5.49. The molecule has 1 heterocycles. The lowest BCUT2D eigenvalue weighted by atomic mass is 10.2. The van der Waals surface area contributed by atoms with Gasteiger partial charge in [0.05, 0.1) is 17.0 Å². The molecular weight excluding hydrogens is 502 g/mol. The molecule has 0 aliphatic heterocycles. The molecule has 5 N–H and O–H groups in total. The molecule has 0 unspecified atom stereocenters. The van der Waals surface area contributed by atoms with Gasteiger partial charge >= 0.3 is 16.0 Å². The van der Waals surface area contributed by atoms with E-state index in [9.17, 15) is 9.90 Å². The number of hydrogen-bond acceptors (Lipinski definition) is 9. The average Bonchev–Trinajstić information content (AvgIpc) is 2.57. The quantitative estimate of drug-likeness (QED) is 0.225. The van der Waals surface area contributed by atoms with E-state index in [1.807, 2.05) is 6.07 Å². The lowest BCUT2D eigenvalue weighted by molar-refractivity contribution is -0.134. The Balaban J connectivity index is 0.000000846. The highest BCUT2D eigenvalue weighted by molar-refractivity contribution is 9.10. The van der Waals surface area contributed by atoms with Crippen LogP contribution in [0.1, 0.15) is 30.7 Å². The zero-order chi connectivity index (χ0) is 24.4. The number of hydrogen-bond donors (Lipinski definition) is 5. The summed E-state index contributed by atoms with van der Waals surface area (Å²) in [5.74, 6) is -0.694. The summed E-state index contributed by atoms with van der Waals surface area (Å²) in [6, 6.07) is 8.39. The van der Waals surface area contributed by atoms with E-state index in [2.05, 4.69) is 26.5 Å². The number of aliphatic carboxylic acids is 1. The maximum Gasteiger partial charge on any atom is 0.394 e. The van der Waals surface area contributed by atoms with Crippen LogP contribution in [0.25, 0.3) is 0 Å². The highest BCUT2D eigenvalue weighted by Crippen LogP contribution is 2.21. The van der Waals surface area contributed by atoms with Crippen molar-refractivity contribution in [2.24, 2.45) is 5.10 Å². The summed E-state index contributed by atoms with van der Waals surface area (Å²) in [7, 11) is -4.67. The molecule has 2 rings (SSSR count). The maximum atomic E-state index is 11.8. The Morgan fingerprint density at radius 2 is 1.77 bits per heavy atom. The van der Waals surface area contributed by atoms with E-state index < -0.39 is 22.0 Å². The van der Waals surface area contributed by atoms with E-state index in [4.69, 9.17) is 37.1 Å². The monoisotopic (exact) mass is 519 g/mol. The standard InChI is InChI=1S/C15H12BrN3O3.C2H4O2.H2O4S/c1-8-5-13(20)14(15(21)22-8)9(2)18-19-11-4-3-10(7-17)12(16)6-11;1-2(3)4;1-5(2,3)4/h3-6,19-20H,1-2H3;1H3,(H,3,4);(H2,1,2,3,4)/b18-9+;;. The SMILES string of the molecule is C/C(=N\Nc1ccc(C#N)c(Br)c1)c1c(O)cc(C)oc1=O.CC(=O)O.O=S(=O)(O)O. The minimum absolute atomic E-state index is 0.00538. The van der Waals surface area contributed by atoms with Gasteiger partial charge in [-0.1, -0.05) is 0 Å². The van der Waals surface area contributed by atoms with Gasteiger partial charge in [0.1, 0.15) is 23.1 Å². The van der Waals surface area contributed by atoms with Crippen molar-refractivity contribution in [1.29, 1.82) is 5.26 Å². The van der Waals surface area contributed by atoms with Crippen molar-refractivity contribution in [3.05, 3.63) is 56.0 Å². The molecule has 2 aromatic rings. The topological polar surface area (TPSA) is 211 Å². The molecule has 1 aromatic carbocycles. The summed E-state index contributed by atoms with van der Waals surface area (Å²) in [6.45, 7) is 4.23. The predicted octanol–water partition coefficient (Wildman–Crippen LogP) is 2.56. The Morgan fingerprint density at radius 1 is 1.26 bits per heavy atom. The number of carboxylic acid groups (broad SMARTS) is 1. The molecule has 0 bridgehead atoms. The number of aromatic hydroxyl groups is 1. The molecule has 168 valence electrons. The molecule has 0 radical (unpaired) electrons. The predicted molar refractivity (Wildman–Crippen MR) is 114 cm³/mol. The Hall–Kier alpha value is -3.25. The first-order valence-corrected chi connectivity index (χ1v) is 10.1. The van der Waals surface area contributed by atoms with Crippen LogP contribution >= 0.6 is 15.9 Å². The summed E-state index contributed by atoms with van der Waals surface area (Å²) in [5, 5.41) is 30.2. The van der Waals surface area contributed by atoms with Gasteiger partial charge in [0.2, 0.25) is 0 Å². The molecule has 12 nitrogen and oxygen atoms in total. The third-order valence-corrected chi connectivity index (χ3v) is 3.51. The van der Waals surface area contributed by atoms with Gasteiger partial charge in [-0.2, -0.15) is 18.8 Å². The lowest BCUT2D eigenvalue weighted by Crippen LogP contribution is -2.14. The fourth-order valence-electron chi connectivity index (χ4n) is 1.81. The van der Waals surface area contributed by atoms with Gasteiger partial charge in [-0.05, 0) is 48.0 Å². The first kappa shape index (κ1) is 27.8. The molecule has 0 aliphatic rings. The number of carboxylic acids is 1. The van der Waals surface area contributed by atoms with Crippen LogP contribution in [0.2, 0.25) is 0 Å². The normalized spacial score (nSPS) is 10.5. The molecule has 0 fully saturated rings. The molecule has 14 heteroatoms. The van der Waals surface area contributed by atoms with E-state index in [1.165, 1.54) is 6.07 Å². The summed E-state index contributed by atoms with van der Waals surface area (Å²) >= 11 is 3.27. The van der Waals surface area contributed by atoms with Crippen LogP contribution in [0.3, 0.4) is 0 Å². The van der Waals surface area contributed by atoms with Crippen LogP contribution in [0.15, 0.2) is 43.1 Å². The molecule has 1 aromatic heterocycles. The van der Waals surface area contributed by atoms with Crippen LogP contribution in [-0.4, -0.2) is 39.4 Å². The van der Waals surface area contributed by atoms with Crippen molar-refractivity contribution < 1.29 is 36.9 Å². The van der Waals surface area contributed by atoms with Gasteiger partial charge in [-0.15, -0.1) is 0 Å². The number of carbonyl (C=O) groups is 1. The smallest absolute Gasteiger partial charge is 0.394 e. The third-order valence-electron chi connectivity index (χ3n) is 2.86. The van der Waals surface area contributed by atoms with Gasteiger partial charge in [0.25, 0.3) is 5.97 Å². The molecule has 0 atom stereocenters. The zero-order valence-corrected chi connectivity index (χ0v) is 18.7. The van der Waals surface area contributed by atoms with Crippen molar-refractivity contribution >= 4 is 43.7 Å². The van der Waals surface area contributed by atoms with Gasteiger partial charge < -0.3 is 14.6 Å². The third kappa shape index (κ3) is 12.1. The lowest BCUT2D eigenvalue weighted by Gasteiger charge is -2.06. The van der Waals surface area contributed by atoms with E-state index in [-0.39, 0.29) is 17.0 Å². The van der Waals surface area contributed by atoms with Crippen LogP contribution in [-0.2, 0) is 15.2 Å². The van der Waals surface area contributed by atoms with Crippen molar-refractivity contribution in [1.82, 2.24) is 0 Å². The van der Waals surface area contributed by atoms with E-state index in [0.29, 0.717) is 21.5 Å². The Labute approximate surface area is 185 Å². The molecule has 0 amide bonds. The second-order valence-corrected chi connectivity index (χ2v) is 7.24. The molecule has 31 heavy (non-hydrogen) atoms. The molecule has 0 spiro atoms. The highest BCUT2D eigenvalue weighted by atomic mass is 79.9. The number of hydrazone groups is 1. The second kappa shape index (κ2) is 12.4. The first-order valence-electron chi connectivity index (χ1n) is 7.89. The molecule has 0 saturated heterocycles. The van der Waals surface area contributed by atoms with Crippen molar-refractivity contribution in [2.75, 3.05) is 5.43 Å². The average molecular weight is 520 g/mol. The van der Waals surface area contributed by atoms with E-state index in [0.717, 1.165) is 6.92 Å². The largest absolute Gasteiger partial charge is 0.507 e. The minimum atomic E-state index is -4.67. The van der Waals surface area contributed by atoms with Crippen molar-refractivity contribution in [2.45, 2.75) is 20.8 Å². The van der Waals surface area contributed by atoms with Gasteiger partial charge in [-0.3, -0.25) is 19.3 Å². The van der Waals surface area contributed by atoms with Crippen molar-refractivity contribution in [3.63, 3.8) is 0 Å². The van der Waals surface area contributed by atoms with E-state index >= 15 is 0 Å². The summed E-state index contributed by atoms with van der Waals surface area (Å²) in [5.41, 5.74) is 3.53. The Morgan fingerprint density at radius 3 is 2.19 bits per heavy atom. The maximum absolute atomic E-state index is 11.8. The number of rotatable bonds is 3. The molecule has 0 aliphatic carbocycles. The van der Waals surface area contributed by atoms with E-state index in [1.54, 1.807) is 32.0 Å². The van der Waals surface area contributed by atoms with Gasteiger partial charge in [0, 0.05) is 17.5 Å². The Bertz CT molecular complexity index is 1160. The van der Waals surface area contributed by atoms with Gasteiger partial charge in [-0.25, -0.2) is 4.79 Å². The first-order chi connectivity index (χ1) is 14.1. The summed E-state index contributed by atoms with van der Waals surface area (Å²) in [4.78, 5) is 20.8. The Kier molecular flexibility index (Phi) is 11.1. The van der Waals surface area contributed by atoms with Crippen LogP contribution in [0.4, 0.5) is 5.69 Å². The number of anilines is 1. The van der Waals surface area contributed by atoms with Gasteiger partial charge in [0.15, 0.2) is 0 Å².